The standard InChI is InChI=1S/C13H23NO5/c1-6-10-7(2)12(18-9(4)16)11(14-8(3)15)13(17-5)19-10/h7,10-13H,6H2,1-5H3,(H,14,15)/t7-,10?,11?,12?,13+/m0/s1. The van der Waals surface area contributed by atoms with Crippen LogP contribution in [0.4, 0.5) is 0 Å². The smallest absolute Gasteiger partial charge is 0.302 e. The molecular formula is C13H23NO5. The first kappa shape index (κ1) is 15.9. The molecule has 5 atom stereocenters. The van der Waals surface area contributed by atoms with Crippen molar-refractivity contribution < 1.29 is 23.8 Å². The van der Waals surface area contributed by atoms with E-state index in [0.717, 1.165) is 6.42 Å². The fourth-order valence-electron chi connectivity index (χ4n) is 2.50. The van der Waals surface area contributed by atoms with Gasteiger partial charge in [-0.3, -0.25) is 9.59 Å². The number of nitrogens with one attached hydrogen (secondary N) is 1. The molecular weight excluding hydrogens is 250 g/mol. The number of methoxy groups -OCH3 is 1. The van der Waals surface area contributed by atoms with Crippen molar-refractivity contribution in [1.82, 2.24) is 5.32 Å². The summed E-state index contributed by atoms with van der Waals surface area (Å²) in [6.45, 7) is 6.71. The second-order valence-electron chi connectivity index (χ2n) is 4.85. The summed E-state index contributed by atoms with van der Waals surface area (Å²) in [6.07, 6.45) is -0.357. The Kier molecular flexibility index (Phi) is 5.75. The van der Waals surface area contributed by atoms with E-state index in [2.05, 4.69) is 5.32 Å². The van der Waals surface area contributed by atoms with E-state index >= 15 is 0 Å². The van der Waals surface area contributed by atoms with E-state index in [1.807, 2.05) is 13.8 Å². The van der Waals surface area contributed by atoms with Crippen molar-refractivity contribution in [1.29, 1.82) is 0 Å². The van der Waals surface area contributed by atoms with Crippen LogP contribution in [0.15, 0.2) is 0 Å². The molecule has 110 valence electrons. The average Bonchev–Trinajstić information content (AvgIpc) is 2.33. The third-order valence-corrected chi connectivity index (χ3v) is 3.37. The van der Waals surface area contributed by atoms with Gasteiger partial charge in [0.1, 0.15) is 12.1 Å². The monoisotopic (exact) mass is 273 g/mol. The summed E-state index contributed by atoms with van der Waals surface area (Å²) < 4.78 is 16.4. The highest BCUT2D eigenvalue weighted by molar-refractivity contribution is 5.73. The molecule has 1 fully saturated rings. The normalized spacial score (nSPS) is 34.7. The number of amides is 1. The summed E-state index contributed by atoms with van der Waals surface area (Å²) in [5.74, 6) is -0.606. The number of carbonyl (C=O) groups is 2. The van der Waals surface area contributed by atoms with Gasteiger partial charge in [0, 0.05) is 26.9 Å². The minimum atomic E-state index is -0.616. The lowest BCUT2D eigenvalue weighted by molar-refractivity contribution is -0.245. The Labute approximate surface area is 113 Å². The molecule has 1 aliphatic heterocycles. The van der Waals surface area contributed by atoms with E-state index < -0.39 is 18.4 Å². The van der Waals surface area contributed by atoms with Crippen LogP contribution in [0, 0.1) is 5.92 Å². The fourth-order valence-corrected chi connectivity index (χ4v) is 2.50. The number of esters is 1. The summed E-state index contributed by atoms with van der Waals surface area (Å²) in [5, 5.41) is 2.75. The van der Waals surface area contributed by atoms with Gasteiger partial charge >= 0.3 is 5.97 Å². The minimum Gasteiger partial charge on any atom is -0.460 e. The zero-order valence-corrected chi connectivity index (χ0v) is 12.1. The molecule has 6 heteroatoms. The average molecular weight is 273 g/mol. The zero-order valence-electron chi connectivity index (χ0n) is 12.1. The van der Waals surface area contributed by atoms with E-state index in [0.29, 0.717) is 0 Å². The predicted molar refractivity (Wildman–Crippen MR) is 68.3 cm³/mol. The molecule has 1 N–H and O–H groups in total. The molecule has 3 unspecified atom stereocenters. The third kappa shape index (κ3) is 3.91. The van der Waals surface area contributed by atoms with Crippen LogP contribution in [0.1, 0.15) is 34.1 Å². The number of hydrogen-bond donors (Lipinski definition) is 1. The summed E-state index contributed by atoms with van der Waals surface area (Å²) in [4.78, 5) is 22.6. The topological polar surface area (TPSA) is 73.9 Å². The van der Waals surface area contributed by atoms with E-state index in [1.165, 1.54) is 21.0 Å². The van der Waals surface area contributed by atoms with E-state index in [1.54, 1.807) is 0 Å². The van der Waals surface area contributed by atoms with Crippen molar-refractivity contribution >= 4 is 11.9 Å². The van der Waals surface area contributed by atoms with Gasteiger partial charge in [-0.2, -0.15) is 0 Å². The highest BCUT2D eigenvalue weighted by Gasteiger charge is 2.45. The summed E-state index contributed by atoms with van der Waals surface area (Å²) >= 11 is 0. The van der Waals surface area contributed by atoms with Gasteiger partial charge in [0.15, 0.2) is 6.29 Å². The molecule has 1 amide bonds. The van der Waals surface area contributed by atoms with Crippen molar-refractivity contribution in [3.63, 3.8) is 0 Å². The molecule has 1 heterocycles. The first-order valence-corrected chi connectivity index (χ1v) is 6.53. The second-order valence-corrected chi connectivity index (χ2v) is 4.85. The van der Waals surface area contributed by atoms with Gasteiger partial charge in [-0.15, -0.1) is 0 Å². The maximum absolute atomic E-state index is 11.3. The predicted octanol–water partition coefficient (Wildman–Crippen LogP) is 0.840. The Morgan fingerprint density at radius 2 is 1.95 bits per heavy atom. The molecule has 1 aliphatic rings. The number of ether oxygens (including phenoxy) is 3. The fraction of sp³-hybridized carbons (Fsp3) is 0.846. The van der Waals surface area contributed by atoms with Crippen molar-refractivity contribution in [2.24, 2.45) is 5.92 Å². The van der Waals surface area contributed by atoms with E-state index in [4.69, 9.17) is 14.2 Å². The van der Waals surface area contributed by atoms with Crippen molar-refractivity contribution in [2.45, 2.75) is 58.7 Å². The quantitative estimate of drug-likeness (QED) is 0.768. The lowest BCUT2D eigenvalue weighted by atomic mass is 9.87. The summed E-state index contributed by atoms with van der Waals surface area (Å²) in [7, 11) is 1.51. The molecule has 0 saturated carbocycles. The van der Waals surface area contributed by atoms with Gasteiger partial charge in [0.05, 0.1) is 6.10 Å². The van der Waals surface area contributed by atoms with Crippen molar-refractivity contribution in [2.75, 3.05) is 7.11 Å². The Morgan fingerprint density at radius 1 is 1.32 bits per heavy atom. The number of hydrogen-bond acceptors (Lipinski definition) is 5. The van der Waals surface area contributed by atoms with Gasteiger partial charge in [-0.05, 0) is 6.42 Å². The van der Waals surface area contributed by atoms with E-state index in [9.17, 15) is 9.59 Å². The number of carbonyl (C=O) groups excluding carboxylic acids is 2. The van der Waals surface area contributed by atoms with Gasteiger partial charge in [-0.25, -0.2) is 0 Å². The molecule has 0 bridgehead atoms. The summed E-state index contributed by atoms with van der Waals surface area (Å²) in [5.41, 5.74) is 0. The molecule has 1 saturated heterocycles. The first-order chi connectivity index (χ1) is 8.90. The molecule has 0 radical (unpaired) electrons. The molecule has 0 aromatic rings. The van der Waals surface area contributed by atoms with Crippen molar-refractivity contribution in [3.05, 3.63) is 0 Å². The van der Waals surface area contributed by atoms with Gasteiger partial charge in [0.2, 0.25) is 5.91 Å². The molecule has 0 aromatic heterocycles. The number of rotatable bonds is 4. The first-order valence-electron chi connectivity index (χ1n) is 6.53. The zero-order chi connectivity index (χ0) is 14.6. The van der Waals surface area contributed by atoms with Crippen LogP contribution in [-0.2, 0) is 23.8 Å². The van der Waals surface area contributed by atoms with Crippen LogP contribution in [0.3, 0.4) is 0 Å². The van der Waals surface area contributed by atoms with Crippen LogP contribution in [0.5, 0.6) is 0 Å². The van der Waals surface area contributed by atoms with Crippen LogP contribution < -0.4 is 5.32 Å². The van der Waals surface area contributed by atoms with Crippen LogP contribution >= 0.6 is 0 Å². The molecule has 19 heavy (non-hydrogen) atoms. The molecule has 6 nitrogen and oxygen atoms in total. The molecule has 0 aromatic carbocycles. The highest BCUT2D eigenvalue weighted by Crippen LogP contribution is 2.30. The van der Waals surface area contributed by atoms with Gasteiger partial charge in [0.25, 0.3) is 0 Å². The van der Waals surface area contributed by atoms with Crippen LogP contribution in [0.2, 0.25) is 0 Å². The summed E-state index contributed by atoms with van der Waals surface area (Å²) in [6, 6.07) is -0.496. The SMILES string of the molecule is CCC1O[C@@H](OC)C(NC(C)=O)C(OC(C)=O)[C@H]1C. The maximum atomic E-state index is 11.3. The lowest BCUT2D eigenvalue weighted by Gasteiger charge is -2.44. The van der Waals surface area contributed by atoms with Crippen LogP contribution in [-0.4, -0.2) is 43.5 Å². The maximum Gasteiger partial charge on any atom is 0.302 e. The van der Waals surface area contributed by atoms with E-state index in [-0.39, 0.29) is 23.9 Å². The Bertz CT molecular complexity index is 333. The van der Waals surface area contributed by atoms with Gasteiger partial charge < -0.3 is 19.5 Å². The Morgan fingerprint density at radius 3 is 2.37 bits per heavy atom. The lowest BCUT2D eigenvalue weighted by Crippen LogP contribution is -2.61. The van der Waals surface area contributed by atoms with Crippen molar-refractivity contribution in [3.8, 4) is 0 Å². The third-order valence-electron chi connectivity index (χ3n) is 3.37. The second kappa shape index (κ2) is 6.86. The van der Waals surface area contributed by atoms with Gasteiger partial charge in [-0.1, -0.05) is 13.8 Å². The largest absolute Gasteiger partial charge is 0.460 e. The molecule has 0 aliphatic carbocycles. The minimum absolute atomic E-state index is 0.0165. The Hall–Kier alpha value is -1.14. The molecule has 0 spiro atoms. The Balaban J connectivity index is 2.96. The highest BCUT2D eigenvalue weighted by atomic mass is 16.7. The molecule has 1 rings (SSSR count). The van der Waals surface area contributed by atoms with Crippen LogP contribution in [0.25, 0.3) is 0 Å².